The maximum Gasteiger partial charge on any atom is 0.272 e. The maximum absolute atomic E-state index is 13.2. The summed E-state index contributed by atoms with van der Waals surface area (Å²) in [6.07, 6.45) is 0.682. The van der Waals surface area contributed by atoms with Gasteiger partial charge in [-0.1, -0.05) is 35.2 Å². The quantitative estimate of drug-likeness (QED) is 0.183. The first-order chi connectivity index (χ1) is 16.0. The number of carbonyl (C=O) groups is 1. The molecule has 0 unspecified atom stereocenters. The van der Waals surface area contributed by atoms with Gasteiger partial charge in [0.15, 0.2) is 10.3 Å². The Kier molecular flexibility index (Phi) is 5.87. The van der Waals surface area contributed by atoms with E-state index in [1.807, 2.05) is 24.3 Å². The Morgan fingerprint density at radius 1 is 1.18 bits per heavy atom. The van der Waals surface area contributed by atoms with Gasteiger partial charge >= 0.3 is 0 Å². The molecule has 0 saturated carbocycles. The average molecular weight is 498 g/mol. The van der Waals surface area contributed by atoms with Crippen LogP contribution in [0.2, 0.25) is 0 Å². The Labute approximate surface area is 199 Å². The van der Waals surface area contributed by atoms with E-state index in [4.69, 9.17) is 0 Å². The molecule has 33 heavy (non-hydrogen) atoms. The minimum atomic E-state index is -0.495. The fourth-order valence-corrected chi connectivity index (χ4v) is 6.09. The van der Waals surface area contributed by atoms with E-state index in [9.17, 15) is 19.7 Å². The summed E-state index contributed by atoms with van der Waals surface area (Å²) < 4.78 is 2.39. The smallest absolute Gasteiger partial charge is 0.272 e. The summed E-state index contributed by atoms with van der Waals surface area (Å²) in [6, 6.07) is 13.3. The Morgan fingerprint density at radius 3 is 2.73 bits per heavy atom. The third kappa shape index (κ3) is 4.36. The van der Waals surface area contributed by atoms with Gasteiger partial charge in [-0.05, 0) is 24.3 Å². The molecule has 0 saturated heterocycles. The zero-order valence-corrected chi connectivity index (χ0v) is 19.3. The molecule has 3 heterocycles. The second kappa shape index (κ2) is 8.96. The highest BCUT2D eigenvalue weighted by atomic mass is 32.2. The molecular formula is C21H15N5O4S3. The van der Waals surface area contributed by atoms with Crippen molar-refractivity contribution in [2.24, 2.45) is 0 Å². The van der Waals surface area contributed by atoms with E-state index in [2.05, 4.69) is 15.3 Å². The second-order valence-corrected chi connectivity index (χ2v) is 10.1. The molecule has 4 aromatic rings. The summed E-state index contributed by atoms with van der Waals surface area (Å²) >= 11 is 3.98. The van der Waals surface area contributed by atoms with Crippen molar-refractivity contribution in [3.05, 3.63) is 74.7 Å². The lowest BCUT2D eigenvalue weighted by molar-refractivity contribution is -0.384. The maximum atomic E-state index is 13.2. The number of carbonyl (C=O) groups excluding carboxylic acids is 1. The SMILES string of the molecule is O=C(CSc1nc2c(c(=O)n1-c1ccc([N+](=O)[O-])cc1)SCC2)Nc1nc2ccccc2s1. The van der Waals surface area contributed by atoms with Gasteiger partial charge in [0.25, 0.3) is 11.2 Å². The third-order valence-corrected chi connectivity index (χ3v) is 7.86. The Morgan fingerprint density at radius 2 is 1.97 bits per heavy atom. The summed E-state index contributed by atoms with van der Waals surface area (Å²) in [7, 11) is 0. The predicted octanol–water partition coefficient (Wildman–Crippen LogP) is 4.13. The largest absolute Gasteiger partial charge is 0.301 e. The Balaban J connectivity index is 1.41. The lowest BCUT2D eigenvalue weighted by Crippen LogP contribution is -2.24. The van der Waals surface area contributed by atoms with E-state index in [1.54, 1.807) is 0 Å². The molecule has 1 aliphatic rings. The minimum Gasteiger partial charge on any atom is -0.301 e. The van der Waals surface area contributed by atoms with Crippen LogP contribution in [0.5, 0.6) is 0 Å². The topological polar surface area (TPSA) is 120 Å². The Hall–Kier alpha value is -3.22. The number of non-ortho nitro benzene ring substituents is 1. The fourth-order valence-electron chi connectivity index (χ4n) is 3.35. The zero-order valence-electron chi connectivity index (χ0n) is 16.9. The van der Waals surface area contributed by atoms with E-state index in [0.717, 1.165) is 33.4 Å². The monoisotopic (exact) mass is 497 g/mol. The molecule has 1 N–H and O–H groups in total. The number of hydrogen-bond donors (Lipinski definition) is 1. The number of aryl methyl sites for hydroxylation is 1. The van der Waals surface area contributed by atoms with Crippen LogP contribution in [0.3, 0.4) is 0 Å². The number of thiazole rings is 1. The number of nitrogens with zero attached hydrogens (tertiary/aromatic N) is 4. The van der Waals surface area contributed by atoms with Crippen molar-refractivity contribution in [1.29, 1.82) is 0 Å². The van der Waals surface area contributed by atoms with Crippen LogP contribution in [0.1, 0.15) is 5.69 Å². The van der Waals surface area contributed by atoms with Gasteiger partial charge in [0, 0.05) is 24.3 Å². The number of nitrogens with one attached hydrogen (secondary N) is 1. The molecule has 0 spiro atoms. The van der Waals surface area contributed by atoms with E-state index in [1.165, 1.54) is 51.9 Å². The molecule has 12 heteroatoms. The highest BCUT2D eigenvalue weighted by Crippen LogP contribution is 2.31. The van der Waals surface area contributed by atoms with Gasteiger partial charge < -0.3 is 5.32 Å². The number of aromatic nitrogens is 3. The van der Waals surface area contributed by atoms with Gasteiger partial charge in [-0.3, -0.25) is 24.3 Å². The van der Waals surface area contributed by atoms with Gasteiger partial charge in [0.2, 0.25) is 5.91 Å². The first-order valence-electron chi connectivity index (χ1n) is 9.81. The molecule has 5 rings (SSSR count). The molecule has 0 bridgehead atoms. The number of hydrogen-bond acceptors (Lipinski definition) is 9. The second-order valence-electron chi connectivity index (χ2n) is 7.01. The van der Waals surface area contributed by atoms with Crippen molar-refractivity contribution in [2.75, 3.05) is 16.8 Å². The number of nitro benzene ring substituents is 1. The zero-order chi connectivity index (χ0) is 22.9. The van der Waals surface area contributed by atoms with E-state index >= 15 is 0 Å². The predicted molar refractivity (Wildman–Crippen MR) is 130 cm³/mol. The first kappa shape index (κ1) is 21.6. The molecule has 0 aliphatic carbocycles. The minimum absolute atomic E-state index is 0.0290. The number of nitro groups is 1. The number of amides is 1. The number of rotatable bonds is 6. The van der Waals surface area contributed by atoms with Gasteiger partial charge in [-0.15, -0.1) is 11.8 Å². The van der Waals surface area contributed by atoms with E-state index in [0.29, 0.717) is 27.3 Å². The molecule has 0 fully saturated rings. The lowest BCUT2D eigenvalue weighted by atomic mass is 10.2. The highest BCUT2D eigenvalue weighted by molar-refractivity contribution is 8.00. The number of para-hydroxylation sites is 1. The van der Waals surface area contributed by atoms with Crippen LogP contribution in [0.4, 0.5) is 10.8 Å². The normalized spacial score (nSPS) is 12.6. The Bertz CT molecular complexity index is 1420. The fraction of sp³-hybridized carbons (Fsp3) is 0.143. The first-order valence-corrected chi connectivity index (χ1v) is 12.6. The van der Waals surface area contributed by atoms with Crippen molar-refractivity contribution in [3.8, 4) is 5.69 Å². The van der Waals surface area contributed by atoms with Gasteiger partial charge in [0.05, 0.1) is 37.2 Å². The third-order valence-electron chi connectivity index (χ3n) is 4.86. The van der Waals surface area contributed by atoms with Crippen LogP contribution in [0, 0.1) is 10.1 Å². The van der Waals surface area contributed by atoms with Crippen molar-refractivity contribution in [2.45, 2.75) is 16.5 Å². The summed E-state index contributed by atoms with van der Waals surface area (Å²) in [5, 5.41) is 14.7. The molecule has 2 aromatic heterocycles. The number of fused-ring (bicyclic) bond motifs is 2. The number of benzene rings is 2. The molecular weight excluding hydrogens is 482 g/mol. The van der Waals surface area contributed by atoms with Crippen LogP contribution in [-0.2, 0) is 11.2 Å². The molecule has 0 radical (unpaired) electrons. The molecule has 2 aromatic carbocycles. The van der Waals surface area contributed by atoms with Crippen molar-refractivity contribution in [3.63, 3.8) is 0 Å². The van der Waals surface area contributed by atoms with Crippen LogP contribution >= 0.6 is 34.9 Å². The summed E-state index contributed by atoms with van der Waals surface area (Å²) in [6.45, 7) is 0. The summed E-state index contributed by atoms with van der Waals surface area (Å²) in [4.78, 5) is 45.9. The molecule has 0 atom stereocenters. The van der Waals surface area contributed by atoms with Gasteiger partial charge in [0.1, 0.15) is 0 Å². The average Bonchev–Trinajstić information content (AvgIpc) is 3.44. The highest BCUT2D eigenvalue weighted by Gasteiger charge is 2.23. The lowest BCUT2D eigenvalue weighted by Gasteiger charge is -2.13. The van der Waals surface area contributed by atoms with E-state index < -0.39 is 4.92 Å². The van der Waals surface area contributed by atoms with Gasteiger partial charge in [-0.25, -0.2) is 9.97 Å². The summed E-state index contributed by atoms with van der Waals surface area (Å²) in [5.74, 6) is 0.532. The number of thioether (sulfide) groups is 2. The van der Waals surface area contributed by atoms with Crippen LogP contribution < -0.4 is 10.9 Å². The molecule has 166 valence electrons. The van der Waals surface area contributed by atoms with Crippen molar-refractivity contribution >= 4 is 61.8 Å². The number of anilines is 1. The van der Waals surface area contributed by atoms with Crippen LogP contribution in [-0.4, -0.2) is 36.9 Å². The van der Waals surface area contributed by atoms with Crippen LogP contribution in [0.25, 0.3) is 15.9 Å². The van der Waals surface area contributed by atoms with Crippen molar-refractivity contribution < 1.29 is 9.72 Å². The standard InChI is InChI=1S/C21H15N5O4S3/c27-17(24-20-22-14-3-1-2-4-16(14)33-20)11-32-21-23-15-9-10-31-18(15)19(28)25(21)12-5-7-13(8-6-12)26(29)30/h1-8H,9-11H2,(H,22,24,27). The molecule has 1 aliphatic heterocycles. The molecule has 1 amide bonds. The summed E-state index contributed by atoms with van der Waals surface area (Å²) in [5.41, 5.74) is 1.69. The van der Waals surface area contributed by atoms with Crippen molar-refractivity contribution in [1.82, 2.24) is 14.5 Å². The van der Waals surface area contributed by atoms with E-state index in [-0.39, 0.29) is 22.9 Å². The van der Waals surface area contributed by atoms with Gasteiger partial charge in [-0.2, -0.15) is 0 Å². The molecule has 9 nitrogen and oxygen atoms in total. The van der Waals surface area contributed by atoms with Crippen LogP contribution in [0.15, 0.2) is 63.4 Å².